The molecule has 7 heteroatoms. The van der Waals surface area contributed by atoms with Crippen LogP contribution in [0.1, 0.15) is 20.7 Å². The average molecular weight is 712 g/mol. The van der Waals surface area contributed by atoms with Crippen molar-refractivity contribution in [3.63, 3.8) is 0 Å². The first-order valence-corrected chi connectivity index (χ1v) is 18.0. The van der Waals surface area contributed by atoms with E-state index in [4.69, 9.17) is 15.0 Å². The van der Waals surface area contributed by atoms with Crippen LogP contribution in [0, 0.1) is 0 Å². The number of benzene rings is 7. The summed E-state index contributed by atoms with van der Waals surface area (Å²) in [4.78, 5) is 43.9. The van der Waals surface area contributed by atoms with Crippen LogP contribution in [0.5, 0.6) is 0 Å². The number of hydrogen-bond acceptors (Lipinski definition) is 5. The van der Waals surface area contributed by atoms with Gasteiger partial charge in [-0.05, 0) is 42.0 Å². The molecule has 9 aromatic rings. The first-order valence-electron chi connectivity index (χ1n) is 18.0. The molecule has 1 amide bonds. The van der Waals surface area contributed by atoms with E-state index in [9.17, 15) is 9.59 Å². The summed E-state index contributed by atoms with van der Waals surface area (Å²) in [6, 6.07) is 57.3. The number of rotatable bonds is 8. The molecule has 0 fully saturated rings. The molecule has 0 bridgehead atoms. The van der Waals surface area contributed by atoms with E-state index in [-0.39, 0.29) is 5.91 Å². The highest BCUT2D eigenvalue weighted by molar-refractivity contribution is 6.16. The molecular formula is C48H33N5O2. The number of nitrogens with zero attached hydrogens (tertiary/aromatic N) is 5. The maximum absolute atomic E-state index is 14.8. The van der Waals surface area contributed by atoms with Crippen molar-refractivity contribution in [2.24, 2.45) is 0 Å². The Morgan fingerprint density at radius 2 is 1.07 bits per heavy atom. The molecule has 55 heavy (non-hydrogen) atoms. The van der Waals surface area contributed by atoms with E-state index in [0.29, 0.717) is 34.3 Å². The zero-order valence-electron chi connectivity index (χ0n) is 29.9. The topological polar surface area (TPSA) is 81.0 Å². The minimum Gasteiger partial charge on any atom is -0.311 e. The maximum Gasteiger partial charge on any atom is 0.260 e. The first kappa shape index (κ1) is 33.3. The van der Waals surface area contributed by atoms with E-state index in [2.05, 4.69) is 16.7 Å². The molecule has 0 aliphatic carbocycles. The van der Waals surface area contributed by atoms with Gasteiger partial charge in [-0.1, -0.05) is 140 Å². The molecule has 0 saturated heterocycles. The number of fused-ring (bicyclic) bond motifs is 3. The Morgan fingerprint density at radius 3 is 1.73 bits per heavy atom. The predicted octanol–water partition coefficient (Wildman–Crippen LogP) is 10.7. The zero-order valence-corrected chi connectivity index (χ0v) is 29.9. The number of carbonyl (C=O) groups is 2. The highest BCUT2D eigenvalue weighted by Crippen LogP contribution is 2.38. The Bertz CT molecular complexity index is 2810. The second-order valence-electron chi connectivity index (χ2n) is 13.2. The summed E-state index contributed by atoms with van der Waals surface area (Å²) in [5, 5.41) is 1.94. The second-order valence-corrected chi connectivity index (χ2v) is 13.2. The van der Waals surface area contributed by atoms with Crippen LogP contribution in [-0.2, 0) is 0 Å². The summed E-state index contributed by atoms with van der Waals surface area (Å²) in [6.45, 7) is 0. The fourth-order valence-electron chi connectivity index (χ4n) is 7.29. The van der Waals surface area contributed by atoms with Crippen LogP contribution in [0.2, 0.25) is 0 Å². The van der Waals surface area contributed by atoms with Crippen LogP contribution in [0.15, 0.2) is 176 Å². The van der Waals surface area contributed by atoms with E-state index in [1.165, 1.54) is 0 Å². The fourth-order valence-corrected chi connectivity index (χ4v) is 7.29. The van der Waals surface area contributed by atoms with Crippen molar-refractivity contribution in [2.45, 2.75) is 0 Å². The summed E-state index contributed by atoms with van der Waals surface area (Å²) in [5.74, 6) is 1.41. The molecule has 2 aromatic heterocycles. The van der Waals surface area contributed by atoms with Gasteiger partial charge in [0.1, 0.15) is 0 Å². The predicted molar refractivity (Wildman–Crippen MR) is 220 cm³/mol. The van der Waals surface area contributed by atoms with Gasteiger partial charge in [0.2, 0.25) is 0 Å². The summed E-state index contributed by atoms with van der Waals surface area (Å²) < 4.78 is 2.07. The van der Waals surface area contributed by atoms with Gasteiger partial charge in [-0.25, -0.2) is 15.0 Å². The molecular weight excluding hydrogens is 679 g/mol. The first-order chi connectivity index (χ1) is 27.1. The molecule has 0 unspecified atom stereocenters. The van der Waals surface area contributed by atoms with Gasteiger partial charge in [0.25, 0.3) is 5.91 Å². The molecule has 0 atom stereocenters. The summed E-state index contributed by atoms with van der Waals surface area (Å²) in [7, 11) is 1.76. The number of para-hydroxylation sites is 2. The normalized spacial score (nSPS) is 11.1. The standard InChI is InChI=1S/C48H33N5O2/c1-52(40-25-13-11-23-37(40)32-16-5-2-6-17-32)48(55)44-36(31-54)22-15-27-43(44)53-41-26-14-12-24-38(41)39-30-35(28-29-42(39)53)47-50-45(33-18-7-3-8-19-33)49-46(51-47)34-20-9-4-10-21-34/h2-31H,1H3. The Morgan fingerprint density at radius 1 is 0.527 bits per heavy atom. The van der Waals surface area contributed by atoms with E-state index in [1.54, 1.807) is 18.0 Å². The van der Waals surface area contributed by atoms with Crippen LogP contribution in [0.3, 0.4) is 0 Å². The monoisotopic (exact) mass is 711 g/mol. The van der Waals surface area contributed by atoms with Gasteiger partial charge < -0.3 is 9.47 Å². The van der Waals surface area contributed by atoms with Crippen LogP contribution in [0.4, 0.5) is 5.69 Å². The van der Waals surface area contributed by atoms with Gasteiger partial charge in [0.15, 0.2) is 23.8 Å². The number of anilines is 1. The molecule has 2 heterocycles. The van der Waals surface area contributed by atoms with Crippen molar-refractivity contribution in [2.75, 3.05) is 11.9 Å². The third kappa shape index (κ3) is 6.03. The molecule has 0 aliphatic heterocycles. The van der Waals surface area contributed by atoms with Crippen molar-refractivity contribution >= 4 is 39.7 Å². The maximum atomic E-state index is 14.8. The molecule has 0 aliphatic rings. The molecule has 0 N–H and O–H groups in total. The van der Waals surface area contributed by atoms with Gasteiger partial charge >= 0.3 is 0 Å². The fraction of sp³-hybridized carbons (Fsp3) is 0.0208. The Hall–Kier alpha value is -7.51. The van der Waals surface area contributed by atoms with Crippen LogP contribution in [-0.4, -0.2) is 38.8 Å². The third-order valence-electron chi connectivity index (χ3n) is 9.94. The van der Waals surface area contributed by atoms with Crippen molar-refractivity contribution in [1.29, 1.82) is 0 Å². The highest BCUT2D eigenvalue weighted by Gasteiger charge is 2.26. The number of aromatic nitrogens is 4. The lowest BCUT2D eigenvalue weighted by Gasteiger charge is -2.24. The molecule has 9 rings (SSSR count). The SMILES string of the molecule is CN(C(=O)c1c(C=O)cccc1-n1c2ccccc2c2cc(-c3nc(-c4ccccc4)nc(-c4ccccc4)n3)ccc21)c1ccccc1-c1ccccc1. The minimum absolute atomic E-state index is 0.296. The van der Waals surface area contributed by atoms with Crippen molar-refractivity contribution in [1.82, 2.24) is 19.5 Å². The van der Waals surface area contributed by atoms with Gasteiger partial charge in [-0.2, -0.15) is 0 Å². The van der Waals surface area contributed by atoms with Gasteiger partial charge in [0, 0.05) is 45.6 Å². The summed E-state index contributed by atoms with van der Waals surface area (Å²) >= 11 is 0. The van der Waals surface area contributed by atoms with Crippen LogP contribution < -0.4 is 4.90 Å². The van der Waals surface area contributed by atoms with Crippen molar-refractivity contribution < 1.29 is 9.59 Å². The molecule has 0 radical (unpaired) electrons. The van der Waals surface area contributed by atoms with Gasteiger partial charge in [0.05, 0.1) is 28.0 Å². The summed E-state index contributed by atoms with van der Waals surface area (Å²) in [6.07, 6.45) is 0.759. The van der Waals surface area contributed by atoms with Crippen molar-refractivity contribution in [3.8, 4) is 51.0 Å². The quantitative estimate of drug-likeness (QED) is 0.147. The van der Waals surface area contributed by atoms with E-state index < -0.39 is 0 Å². The second kappa shape index (κ2) is 14.1. The number of carbonyl (C=O) groups excluding carboxylic acids is 2. The molecule has 7 aromatic carbocycles. The zero-order chi connectivity index (χ0) is 37.3. The lowest BCUT2D eigenvalue weighted by atomic mass is 10.0. The van der Waals surface area contributed by atoms with Crippen LogP contribution >= 0.6 is 0 Å². The smallest absolute Gasteiger partial charge is 0.260 e. The Balaban J connectivity index is 1.21. The Kier molecular flexibility index (Phi) is 8.57. The average Bonchev–Trinajstić information content (AvgIpc) is 3.60. The number of hydrogen-bond donors (Lipinski definition) is 0. The van der Waals surface area contributed by atoms with Crippen molar-refractivity contribution in [3.05, 3.63) is 187 Å². The number of amides is 1. The molecule has 262 valence electrons. The lowest BCUT2D eigenvalue weighted by Crippen LogP contribution is -2.29. The highest BCUT2D eigenvalue weighted by atomic mass is 16.2. The molecule has 7 nitrogen and oxygen atoms in total. The van der Waals surface area contributed by atoms with Crippen LogP contribution in [0.25, 0.3) is 72.8 Å². The lowest BCUT2D eigenvalue weighted by molar-refractivity contribution is 0.0986. The minimum atomic E-state index is -0.296. The number of aldehydes is 1. The van der Waals surface area contributed by atoms with E-state index in [0.717, 1.165) is 61.6 Å². The molecule has 0 saturated carbocycles. The third-order valence-corrected chi connectivity index (χ3v) is 9.94. The van der Waals surface area contributed by atoms with E-state index >= 15 is 0 Å². The Labute approximate surface area is 317 Å². The van der Waals surface area contributed by atoms with Gasteiger partial charge in [-0.3, -0.25) is 9.59 Å². The molecule has 0 spiro atoms. The summed E-state index contributed by atoms with van der Waals surface area (Å²) in [5.41, 5.74) is 8.24. The largest absolute Gasteiger partial charge is 0.311 e. The van der Waals surface area contributed by atoms with E-state index in [1.807, 2.05) is 158 Å². The van der Waals surface area contributed by atoms with Gasteiger partial charge in [-0.15, -0.1) is 0 Å².